The molecule has 0 saturated carbocycles. The van der Waals surface area contributed by atoms with Gasteiger partial charge in [-0.15, -0.1) is 0 Å². The van der Waals surface area contributed by atoms with E-state index >= 15 is 0 Å². The molecule has 0 aliphatic carbocycles. The van der Waals surface area contributed by atoms with Gasteiger partial charge in [0.25, 0.3) is 0 Å². The molecule has 1 amide bonds. The Morgan fingerprint density at radius 1 is 1.27 bits per heavy atom. The summed E-state index contributed by atoms with van der Waals surface area (Å²) in [5.74, 6) is 0. The molecule has 64 valence electrons. The molecule has 0 N–H and O–H groups in total. The number of carbonyl (C=O) groups is 1. The Labute approximate surface area is 68.9 Å². The van der Waals surface area contributed by atoms with Crippen LogP contribution in [0, 0.1) is 0 Å². The van der Waals surface area contributed by atoms with E-state index < -0.39 is 0 Å². The maximum absolute atomic E-state index is 11.0. The third-order valence-corrected chi connectivity index (χ3v) is 1.94. The zero-order chi connectivity index (χ0) is 8.10. The summed E-state index contributed by atoms with van der Waals surface area (Å²) < 4.78 is 4.40. The summed E-state index contributed by atoms with van der Waals surface area (Å²) >= 11 is 0. The molecule has 1 fully saturated rings. The molecule has 0 bridgehead atoms. The second-order valence-corrected chi connectivity index (χ2v) is 2.90. The lowest BCUT2D eigenvalue weighted by molar-refractivity contribution is -0.150. The quantitative estimate of drug-likeness (QED) is 0.315. The monoisotopic (exact) mass is 175 g/mol. The fraction of sp³-hybridized carbons (Fsp3) is 0.833. The number of carbonyl (C=O) groups excluding carboxylic acids is 1. The average molecular weight is 175 g/mol. The summed E-state index contributed by atoms with van der Waals surface area (Å²) in [6.45, 7) is 1.62. The summed E-state index contributed by atoms with van der Waals surface area (Å²) in [4.78, 5) is 17.1. The van der Waals surface area contributed by atoms with E-state index in [1.165, 1.54) is 6.42 Å². The molecule has 0 unspecified atom stereocenters. The topological polar surface area (TPSA) is 38.8 Å². The Balaban J connectivity index is 2.27. The van der Waals surface area contributed by atoms with Gasteiger partial charge in [0.1, 0.15) is 0 Å². The minimum Gasteiger partial charge on any atom is -0.306 e. The van der Waals surface area contributed by atoms with Crippen molar-refractivity contribution in [1.29, 1.82) is 0 Å². The van der Waals surface area contributed by atoms with E-state index in [4.69, 9.17) is 0 Å². The van der Waals surface area contributed by atoms with Gasteiger partial charge in [0, 0.05) is 13.1 Å². The fourth-order valence-electron chi connectivity index (χ4n) is 1.20. The van der Waals surface area contributed by atoms with Crippen molar-refractivity contribution < 1.29 is 14.3 Å². The number of rotatable bonds is 1. The largest absolute Gasteiger partial charge is 0.440 e. The molecule has 1 rings (SSSR count). The highest BCUT2D eigenvalue weighted by Crippen LogP contribution is 2.09. The highest BCUT2D eigenvalue weighted by atomic mass is 28.2. The molecule has 0 aromatic carbocycles. The van der Waals surface area contributed by atoms with Crippen LogP contribution < -0.4 is 0 Å². The highest BCUT2D eigenvalue weighted by molar-refractivity contribution is 5.97. The first-order valence-corrected chi connectivity index (χ1v) is 4.66. The van der Waals surface area contributed by atoms with Gasteiger partial charge in [-0.2, -0.15) is 0 Å². The first-order valence-electron chi connectivity index (χ1n) is 3.84. The van der Waals surface area contributed by atoms with Crippen LogP contribution in [0.3, 0.4) is 0 Å². The molecule has 0 radical (unpaired) electrons. The van der Waals surface area contributed by atoms with Crippen molar-refractivity contribution in [2.45, 2.75) is 19.3 Å². The molecule has 1 saturated heterocycles. The summed E-state index contributed by atoms with van der Waals surface area (Å²) in [5, 5.41) is 0. The summed E-state index contributed by atoms with van der Waals surface area (Å²) in [5.41, 5.74) is 0. The first kappa shape index (κ1) is 8.54. The second kappa shape index (κ2) is 4.35. The number of piperidine rings is 1. The summed E-state index contributed by atoms with van der Waals surface area (Å²) in [7, 11) is 0.438. The van der Waals surface area contributed by atoms with Crippen molar-refractivity contribution in [3.05, 3.63) is 0 Å². The van der Waals surface area contributed by atoms with Crippen LogP contribution in [0.1, 0.15) is 19.3 Å². The smallest absolute Gasteiger partial charge is 0.306 e. The molecule has 0 spiro atoms. The van der Waals surface area contributed by atoms with E-state index in [1.54, 1.807) is 4.90 Å². The fourth-order valence-corrected chi connectivity index (χ4v) is 1.34. The van der Waals surface area contributed by atoms with E-state index in [0.717, 1.165) is 25.9 Å². The molecule has 1 aliphatic rings. The SMILES string of the molecule is O=C(OO[SiH3])N1CCCCC1. The van der Waals surface area contributed by atoms with Crippen LogP contribution in [-0.2, 0) is 9.46 Å². The van der Waals surface area contributed by atoms with Crippen LogP contribution in [0.5, 0.6) is 0 Å². The highest BCUT2D eigenvalue weighted by Gasteiger charge is 2.17. The molecular formula is C6H13NO3Si. The Hall–Kier alpha value is -0.553. The zero-order valence-electron chi connectivity index (χ0n) is 6.71. The van der Waals surface area contributed by atoms with Crippen molar-refractivity contribution in [3.63, 3.8) is 0 Å². The Morgan fingerprint density at radius 2 is 1.91 bits per heavy atom. The van der Waals surface area contributed by atoms with E-state index in [0.29, 0.717) is 10.5 Å². The number of likely N-dealkylation sites (tertiary alicyclic amines) is 1. The third kappa shape index (κ3) is 2.51. The van der Waals surface area contributed by atoms with Gasteiger partial charge in [0.2, 0.25) is 10.5 Å². The van der Waals surface area contributed by atoms with Crippen LogP contribution in [-0.4, -0.2) is 34.6 Å². The van der Waals surface area contributed by atoms with Crippen LogP contribution >= 0.6 is 0 Å². The van der Waals surface area contributed by atoms with Crippen LogP contribution in [0.2, 0.25) is 0 Å². The van der Waals surface area contributed by atoms with Crippen molar-refractivity contribution in [2.24, 2.45) is 0 Å². The van der Waals surface area contributed by atoms with Gasteiger partial charge in [-0.25, -0.2) is 9.37 Å². The lowest BCUT2D eigenvalue weighted by atomic mass is 10.1. The van der Waals surface area contributed by atoms with E-state index in [2.05, 4.69) is 9.46 Å². The molecule has 4 nitrogen and oxygen atoms in total. The van der Waals surface area contributed by atoms with E-state index in [-0.39, 0.29) is 6.09 Å². The van der Waals surface area contributed by atoms with Gasteiger partial charge in [0.05, 0.1) is 0 Å². The number of hydrogen-bond acceptors (Lipinski definition) is 3. The lowest BCUT2D eigenvalue weighted by Gasteiger charge is -2.24. The number of amides is 1. The predicted octanol–water partition coefficient (Wildman–Crippen LogP) is -0.179. The maximum atomic E-state index is 11.0. The third-order valence-electron chi connectivity index (χ3n) is 1.77. The normalized spacial score (nSPS) is 18.4. The molecule has 1 heterocycles. The Kier molecular flexibility index (Phi) is 3.38. The lowest BCUT2D eigenvalue weighted by Crippen LogP contribution is -2.35. The minimum atomic E-state index is -0.334. The second-order valence-electron chi connectivity index (χ2n) is 2.56. The summed E-state index contributed by atoms with van der Waals surface area (Å²) in [6, 6.07) is 0. The van der Waals surface area contributed by atoms with E-state index in [1.807, 2.05) is 0 Å². The standard InChI is InChI=1S/C6H13NO3Si/c8-6(9-10-11)7-4-2-1-3-5-7/h1-5H2,11H3. The maximum Gasteiger partial charge on any atom is 0.440 e. The Morgan fingerprint density at radius 3 is 2.45 bits per heavy atom. The van der Waals surface area contributed by atoms with Crippen LogP contribution in [0.25, 0.3) is 0 Å². The van der Waals surface area contributed by atoms with Gasteiger partial charge in [0.15, 0.2) is 0 Å². The molecule has 5 heteroatoms. The molecule has 11 heavy (non-hydrogen) atoms. The molecule has 1 aliphatic heterocycles. The minimum absolute atomic E-state index is 0.334. The Bertz CT molecular complexity index is 136. The number of hydrogen-bond donors (Lipinski definition) is 0. The number of nitrogens with zero attached hydrogens (tertiary/aromatic N) is 1. The molecule has 0 aromatic heterocycles. The van der Waals surface area contributed by atoms with Crippen molar-refractivity contribution in [2.75, 3.05) is 13.1 Å². The first-order chi connectivity index (χ1) is 5.34. The summed E-state index contributed by atoms with van der Waals surface area (Å²) in [6.07, 6.45) is 3.04. The van der Waals surface area contributed by atoms with Gasteiger partial charge < -0.3 is 4.90 Å². The van der Waals surface area contributed by atoms with Crippen LogP contribution in [0.4, 0.5) is 4.79 Å². The van der Waals surface area contributed by atoms with Gasteiger partial charge in [-0.3, -0.25) is 4.89 Å². The van der Waals surface area contributed by atoms with Crippen LogP contribution in [0.15, 0.2) is 0 Å². The average Bonchev–Trinajstić information content (AvgIpc) is 2.07. The molecule has 0 atom stereocenters. The zero-order valence-corrected chi connectivity index (χ0v) is 8.71. The van der Waals surface area contributed by atoms with Gasteiger partial charge in [-0.1, -0.05) is 0 Å². The van der Waals surface area contributed by atoms with Crippen molar-refractivity contribution >= 4 is 16.6 Å². The van der Waals surface area contributed by atoms with Crippen molar-refractivity contribution in [1.82, 2.24) is 4.90 Å². The predicted molar refractivity (Wildman–Crippen MR) is 42.9 cm³/mol. The molecular weight excluding hydrogens is 162 g/mol. The molecule has 0 aromatic rings. The van der Waals surface area contributed by atoms with Gasteiger partial charge >= 0.3 is 6.09 Å². The van der Waals surface area contributed by atoms with Gasteiger partial charge in [-0.05, 0) is 19.3 Å². The van der Waals surface area contributed by atoms with Crippen molar-refractivity contribution in [3.8, 4) is 0 Å². The van der Waals surface area contributed by atoms with E-state index in [9.17, 15) is 4.79 Å².